The number of rotatable bonds is 5. The zero-order chi connectivity index (χ0) is 14.6. The van der Waals surface area contributed by atoms with E-state index < -0.39 is 15.9 Å². The number of hydrogen-bond donors (Lipinski definition) is 2. The van der Waals surface area contributed by atoms with Crippen molar-refractivity contribution in [1.29, 1.82) is 0 Å². The van der Waals surface area contributed by atoms with E-state index in [2.05, 4.69) is 0 Å². The predicted molar refractivity (Wildman–Crippen MR) is 69.9 cm³/mol. The lowest BCUT2D eigenvalue weighted by atomic mass is 10.2. The third kappa shape index (κ3) is 3.66. The van der Waals surface area contributed by atoms with E-state index in [4.69, 9.17) is 10.6 Å². The minimum Gasteiger partial charge on any atom is -0.483 e. The van der Waals surface area contributed by atoms with E-state index >= 15 is 0 Å². The van der Waals surface area contributed by atoms with Crippen LogP contribution in [0.3, 0.4) is 0 Å². The zero-order valence-electron chi connectivity index (χ0n) is 11.0. The summed E-state index contributed by atoms with van der Waals surface area (Å²) in [4.78, 5) is 11.1. The highest BCUT2D eigenvalue weighted by Crippen LogP contribution is 2.23. The molecular formula is C11H17N3O4S. The van der Waals surface area contributed by atoms with Crippen molar-refractivity contribution in [2.45, 2.75) is 11.8 Å². The molecule has 8 heteroatoms. The Kier molecular flexibility index (Phi) is 4.87. The smallest absolute Gasteiger partial charge is 0.271 e. The summed E-state index contributed by atoms with van der Waals surface area (Å²) in [6.07, 6.45) is 0. The Morgan fingerprint density at radius 3 is 2.53 bits per heavy atom. The summed E-state index contributed by atoms with van der Waals surface area (Å²) >= 11 is 0. The SMILES string of the molecule is Cc1cc(S(=O)(=O)N(C)C)ccc1OCC(=O)NN. The van der Waals surface area contributed by atoms with Crippen LogP contribution in [0.4, 0.5) is 0 Å². The van der Waals surface area contributed by atoms with Gasteiger partial charge in [-0.3, -0.25) is 10.2 Å². The van der Waals surface area contributed by atoms with Gasteiger partial charge < -0.3 is 4.74 Å². The second kappa shape index (κ2) is 6.00. The van der Waals surface area contributed by atoms with Gasteiger partial charge in [-0.1, -0.05) is 0 Å². The lowest BCUT2D eigenvalue weighted by Gasteiger charge is -2.13. The number of nitrogens with one attached hydrogen (secondary N) is 1. The molecule has 0 saturated carbocycles. The number of sulfonamides is 1. The van der Waals surface area contributed by atoms with Gasteiger partial charge in [0.05, 0.1) is 4.90 Å². The number of ether oxygens (including phenoxy) is 1. The second-order valence-electron chi connectivity index (χ2n) is 4.07. The number of hydrogen-bond acceptors (Lipinski definition) is 5. The van der Waals surface area contributed by atoms with E-state index in [1.165, 1.54) is 32.3 Å². The molecule has 1 aromatic carbocycles. The molecule has 0 atom stereocenters. The van der Waals surface area contributed by atoms with Crippen molar-refractivity contribution >= 4 is 15.9 Å². The van der Waals surface area contributed by atoms with Gasteiger partial charge in [0.25, 0.3) is 5.91 Å². The van der Waals surface area contributed by atoms with E-state index in [9.17, 15) is 13.2 Å². The fourth-order valence-electron chi connectivity index (χ4n) is 1.34. The largest absolute Gasteiger partial charge is 0.483 e. The van der Waals surface area contributed by atoms with Gasteiger partial charge in [-0.25, -0.2) is 18.6 Å². The van der Waals surface area contributed by atoms with E-state index in [0.29, 0.717) is 11.3 Å². The molecule has 106 valence electrons. The van der Waals surface area contributed by atoms with Crippen LogP contribution in [0, 0.1) is 6.92 Å². The lowest BCUT2D eigenvalue weighted by Crippen LogP contribution is -2.34. The first-order valence-electron chi connectivity index (χ1n) is 5.44. The fraction of sp³-hybridized carbons (Fsp3) is 0.364. The first-order valence-corrected chi connectivity index (χ1v) is 6.88. The Morgan fingerprint density at radius 1 is 1.42 bits per heavy atom. The summed E-state index contributed by atoms with van der Waals surface area (Å²) in [6.45, 7) is 1.47. The number of benzene rings is 1. The minimum atomic E-state index is -3.47. The number of amides is 1. The molecule has 0 bridgehead atoms. The summed E-state index contributed by atoms with van der Waals surface area (Å²) in [6, 6.07) is 4.43. The normalized spacial score (nSPS) is 11.4. The average Bonchev–Trinajstić information content (AvgIpc) is 2.36. The van der Waals surface area contributed by atoms with Crippen LogP contribution in [0.1, 0.15) is 5.56 Å². The van der Waals surface area contributed by atoms with E-state index in [0.717, 1.165) is 4.31 Å². The Bertz CT molecular complexity index is 569. The molecule has 19 heavy (non-hydrogen) atoms. The van der Waals surface area contributed by atoms with Crippen molar-refractivity contribution in [3.8, 4) is 5.75 Å². The predicted octanol–water partition coefficient (Wildman–Crippen LogP) is -0.386. The third-order valence-corrected chi connectivity index (χ3v) is 4.26. The van der Waals surface area contributed by atoms with Crippen LogP contribution in [0.25, 0.3) is 0 Å². The minimum absolute atomic E-state index is 0.172. The van der Waals surface area contributed by atoms with E-state index in [-0.39, 0.29) is 11.5 Å². The van der Waals surface area contributed by atoms with Gasteiger partial charge in [0.15, 0.2) is 6.61 Å². The zero-order valence-corrected chi connectivity index (χ0v) is 11.8. The van der Waals surface area contributed by atoms with Crippen molar-refractivity contribution in [1.82, 2.24) is 9.73 Å². The van der Waals surface area contributed by atoms with Crippen LogP contribution in [0.2, 0.25) is 0 Å². The molecule has 3 N–H and O–H groups in total. The number of carbonyl (C=O) groups is 1. The number of aryl methyl sites for hydroxylation is 1. The Morgan fingerprint density at radius 2 is 2.05 bits per heavy atom. The first kappa shape index (κ1) is 15.4. The van der Waals surface area contributed by atoms with Gasteiger partial charge in [-0.15, -0.1) is 0 Å². The molecule has 0 heterocycles. The van der Waals surface area contributed by atoms with Crippen LogP contribution >= 0.6 is 0 Å². The number of nitrogens with zero attached hydrogens (tertiary/aromatic N) is 1. The van der Waals surface area contributed by atoms with Crippen LogP contribution in [0.5, 0.6) is 5.75 Å². The summed E-state index contributed by atoms with van der Waals surface area (Å²) < 4.78 is 30.2. The highest BCUT2D eigenvalue weighted by Gasteiger charge is 2.18. The molecule has 1 amide bonds. The van der Waals surface area contributed by atoms with Crippen molar-refractivity contribution in [3.05, 3.63) is 23.8 Å². The third-order valence-electron chi connectivity index (χ3n) is 2.44. The molecule has 0 radical (unpaired) electrons. The summed E-state index contributed by atoms with van der Waals surface area (Å²) in [5.74, 6) is 4.89. The number of hydrazine groups is 1. The maximum Gasteiger partial charge on any atom is 0.271 e. The molecule has 7 nitrogen and oxygen atoms in total. The fourth-order valence-corrected chi connectivity index (χ4v) is 2.33. The van der Waals surface area contributed by atoms with Crippen LogP contribution < -0.4 is 16.0 Å². The van der Waals surface area contributed by atoms with Crippen LogP contribution in [-0.4, -0.2) is 39.3 Å². The van der Waals surface area contributed by atoms with Gasteiger partial charge in [0.1, 0.15) is 5.75 Å². The Balaban J connectivity index is 2.95. The van der Waals surface area contributed by atoms with Crippen molar-refractivity contribution in [3.63, 3.8) is 0 Å². The van der Waals surface area contributed by atoms with E-state index in [1.54, 1.807) is 6.92 Å². The molecule has 0 spiro atoms. The maximum absolute atomic E-state index is 11.9. The van der Waals surface area contributed by atoms with Crippen molar-refractivity contribution in [2.75, 3.05) is 20.7 Å². The quantitative estimate of drug-likeness (QED) is 0.436. The lowest BCUT2D eigenvalue weighted by molar-refractivity contribution is -0.123. The first-order chi connectivity index (χ1) is 8.78. The van der Waals surface area contributed by atoms with Crippen molar-refractivity contribution in [2.24, 2.45) is 5.84 Å². The molecule has 1 rings (SSSR count). The van der Waals surface area contributed by atoms with Gasteiger partial charge in [-0.05, 0) is 30.7 Å². The number of nitrogens with two attached hydrogens (primary N) is 1. The van der Waals surface area contributed by atoms with Gasteiger partial charge in [0.2, 0.25) is 10.0 Å². The molecular weight excluding hydrogens is 270 g/mol. The molecule has 0 aliphatic heterocycles. The summed E-state index contributed by atoms with van der Waals surface area (Å²) in [5.41, 5.74) is 2.56. The average molecular weight is 287 g/mol. The number of carbonyl (C=O) groups excluding carboxylic acids is 1. The second-order valence-corrected chi connectivity index (χ2v) is 6.22. The Hall–Kier alpha value is -1.64. The molecule has 0 unspecified atom stereocenters. The molecule has 1 aromatic rings. The highest BCUT2D eigenvalue weighted by molar-refractivity contribution is 7.89. The van der Waals surface area contributed by atoms with Crippen LogP contribution in [0.15, 0.2) is 23.1 Å². The van der Waals surface area contributed by atoms with Crippen LogP contribution in [-0.2, 0) is 14.8 Å². The standard InChI is InChI=1S/C11H17N3O4S/c1-8-6-9(19(16,17)14(2)3)4-5-10(8)18-7-11(15)13-12/h4-6H,7,12H2,1-3H3,(H,13,15). The molecule has 0 aliphatic carbocycles. The molecule has 0 fully saturated rings. The van der Waals surface area contributed by atoms with Gasteiger partial charge in [0, 0.05) is 14.1 Å². The Labute approximate surface area is 112 Å². The van der Waals surface area contributed by atoms with E-state index in [1.807, 2.05) is 5.43 Å². The molecule has 0 aliphatic rings. The monoisotopic (exact) mass is 287 g/mol. The molecule has 0 aromatic heterocycles. The maximum atomic E-state index is 11.9. The summed E-state index contributed by atoms with van der Waals surface area (Å²) in [7, 11) is -0.556. The topological polar surface area (TPSA) is 102 Å². The van der Waals surface area contributed by atoms with Gasteiger partial charge in [-0.2, -0.15) is 0 Å². The summed E-state index contributed by atoms with van der Waals surface area (Å²) in [5, 5.41) is 0. The molecule has 0 saturated heterocycles. The highest BCUT2D eigenvalue weighted by atomic mass is 32.2. The van der Waals surface area contributed by atoms with Gasteiger partial charge >= 0.3 is 0 Å². The van der Waals surface area contributed by atoms with Crippen molar-refractivity contribution < 1.29 is 17.9 Å².